The van der Waals surface area contributed by atoms with Crippen LogP contribution < -0.4 is 10.2 Å². The Morgan fingerprint density at radius 3 is 2.42 bits per heavy atom. The maximum Gasteiger partial charge on any atom is 0.412 e. The number of aliphatic hydroxyl groups excluding tert-OH is 1. The molecule has 1 aliphatic heterocycles. The van der Waals surface area contributed by atoms with Gasteiger partial charge in [0, 0.05) is 36.2 Å². The molecule has 0 spiro atoms. The predicted octanol–water partition coefficient (Wildman–Crippen LogP) is 6.10. The van der Waals surface area contributed by atoms with Crippen molar-refractivity contribution in [1.82, 2.24) is 0 Å². The zero-order valence-corrected chi connectivity index (χ0v) is 19.8. The van der Waals surface area contributed by atoms with Gasteiger partial charge in [-0.1, -0.05) is 29.3 Å². The topological polar surface area (TPSA) is 78.9 Å². The first-order valence-corrected chi connectivity index (χ1v) is 11.0. The number of benzene rings is 2. The Hall–Kier alpha value is -2.42. The first-order chi connectivity index (χ1) is 15.4. The number of nitrogens with one attached hydrogen (secondary N) is 1. The molecule has 0 saturated carbocycles. The van der Waals surface area contributed by atoms with Crippen molar-refractivity contribution in [3.05, 3.63) is 57.6 Å². The molecule has 1 aliphatic rings. The van der Waals surface area contributed by atoms with Crippen LogP contribution in [-0.4, -0.2) is 29.3 Å². The fourth-order valence-electron chi connectivity index (χ4n) is 3.66. The highest BCUT2D eigenvalue weighted by Gasteiger charge is 2.34. The molecular formula is C23H24Cl2F2N2O4. The second-order valence-corrected chi connectivity index (χ2v) is 9.64. The lowest BCUT2D eigenvalue weighted by molar-refractivity contribution is -0.120. The van der Waals surface area contributed by atoms with Crippen LogP contribution in [-0.2, 0) is 9.53 Å². The summed E-state index contributed by atoms with van der Waals surface area (Å²) < 4.78 is 32.6. The summed E-state index contributed by atoms with van der Waals surface area (Å²) in [5.74, 6) is -2.41. The highest BCUT2D eigenvalue weighted by Crippen LogP contribution is 2.41. The molecule has 178 valence electrons. The highest BCUT2D eigenvalue weighted by molar-refractivity contribution is 6.40. The summed E-state index contributed by atoms with van der Waals surface area (Å²) in [6.45, 7) is 5.19. The number of ether oxygens (including phenoxy) is 1. The van der Waals surface area contributed by atoms with Gasteiger partial charge in [0.1, 0.15) is 17.2 Å². The van der Waals surface area contributed by atoms with Gasteiger partial charge >= 0.3 is 6.09 Å². The number of aliphatic hydroxyl groups is 1. The van der Waals surface area contributed by atoms with E-state index in [4.69, 9.17) is 27.9 Å². The first-order valence-electron chi connectivity index (χ1n) is 10.3. The minimum absolute atomic E-state index is 0.0229. The summed E-state index contributed by atoms with van der Waals surface area (Å²) in [6, 6.07) is 5.82. The van der Waals surface area contributed by atoms with E-state index in [1.807, 2.05) is 0 Å². The van der Waals surface area contributed by atoms with E-state index in [0.717, 1.165) is 6.07 Å². The van der Waals surface area contributed by atoms with Crippen molar-refractivity contribution in [2.24, 2.45) is 5.92 Å². The number of carbonyl (C=O) groups is 2. The van der Waals surface area contributed by atoms with E-state index in [1.54, 1.807) is 20.8 Å². The van der Waals surface area contributed by atoms with Gasteiger partial charge in [-0.25, -0.2) is 13.6 Å². The normalized spacial score (nSPS) is 17.6. The molecule has 2 unspecified atom stereocenters. The van der Waals surface area contributed by atoms with Gasteiger partial charge in [-0.05, 0) is 45.4 Å². The summed E-state index contributed by atoms with van der Waals surface area (Å²) in [7, 11) is 0. The maximum absolute atomic E-state index is 14.2. The average Bonchev–Trinajstić information content (AvgIpc) is 2.67. The van der Waals surface area contributed by atoms with Crippen molar-refractivity contribution in [1.29, 1.82) is 0 Å². The summed E-state index contributed by atoms with van der Waals surface area (Å²) in [5.41, 5.74) is -0.255. The fourth-order valence-corrected chi connectivity index (χ4v) is 4.35. The van der Waals surface area contributed by atoms with Crippen LogP contribution in [0.3, 0.4) is 0 Å². The van der Waals surface area contributed by atoms with Gasteiger partial charge in [-0.3, -0.25) is 10.1 Å². The molecule has 1 fully saturated rings. The lowest BCUT2D eigenvalue weighted by atomic mass is 9.87. The zero-order chi connectivity index (χ0) is 24.5. The van der Waals surface area contributed by atoms with Crippen LogP contribution in [0.15, 0.2) is 30.3 Å². The second-order valence-electron chi connectivity index (χ2n) is 8.83. The van der Waals surface area contributed by atoms with Gasteiger partial charge in [-0.2, -0.15) is 0 Å². The van der Waals surface area contributed by atoms with E-state index in [0.29, 0.717) is 12.5 Å². The highest BCUT2D eigenvalue weighted by atomic mass is 35.5. The largest absolute Gasteiger partial charge is 0.444 e. The number of nitrogens with zero attached hydrogens (tertiary/aromatic N) is 1. The number of anilines is 2. The fraction of sp³-hybridized carbons (Fsp3) is 0.391. The standard InChI is InChI=1S/C23H24Cl2F2N2O4/c1-23(2,3)33-22(32)28-14-9-16(24)20(17(25)10-14)29-11-12(4-7-19(29)30)21(31)15-6-5-13(26)8-18(15)27/h5-6,8-10,12,21,31H,4,7,11H2,1-3H3,(H,28,32). The Labute approximate surface area is 200 Å². The Kier molecular flexibility index (Phi) is 7.51. The van der Waals surface area contributed by atoms with E-state index in [2.05, 4.69) is 5.32 Å². The van der Waals surface area contributed by atoms with Crippen LogP contribution in [0.1, 0.15) is 45.3 Å². The number of halogens is 4. The van der Waals surface area contributed by atoms with E-state index in [1.165, 1.54) is 23.1 Å². The Morgan fingerprint density at radius 2 is 1.85 bits per heavy atom. The smallest absolute Gasteiger partial charge is 0.412 e. The minimum atomic E-state index is -1.26. The van der Waals surface area contributed by atoms with E-state index < -0.39 is 35.4 Å². The Bertz CT molecular complexity index is 1050. The van der Waals surface area contributed by atoms with Crippen molar-refractivity contribution in [2.45, 2.75) is 45.3 Å². The molecule has 33 heavy (non-hydrogen) atoms. The molecule has 10 heteroatoms. The van der Waals surface area contributed by atoms with Crippen molar-refractivity contribution in [3.8, 4) is 0 Å². The van der Waals surface area contributed by atoms with E-state index in [-0.39, 0.29) is 45.9 Å². The minimum Gasteiger partial charge on any atom is -0.444 e. The number of amides is 2. The predicted molar refractivity (Wildman–Crippen MR) is 123 cm³/mol. The van der Waals surface area contributed by atoms with Gasteiger partial charge in [0.2, 0.25) is 5.91 Å². The van der Waals surface area contributed by atoms with Crippen molar-refractivity contribution in [3.63, 3.8) is 0 Å². The molecule has 2 aromatic rings. The summed E-state index contributed by atoms with van der Waals surface area (Å²) in [6.07, 6.45) is -1.57. The molecule has 0 aliphatic carbocycles. The van der Waals surface area contributed by atoms with E-state index in [9.17, 15) is 23.5 Å². The molecule has 0 bridgehead atoms. The van der Waals surface area contributed by atoms with Gasteiger partial charge < -0.3 is 14.7 Å². The lowest BCUT2D eigenvalue weighted by Crippen LogP contribution is -2.42. The lowest BCUT2D eigenvalue weighted by Gasteiger charge is -2.36. The number of rotatable bonds is 4. The first kappa shape index (κ1) is 25.2. The monoisotopic (exact) mass is 500 g/mol. The Morgan fingerprint density at radius 1 is 1.21 bits per heavy atom. The molecule has 1 heterocycles. The maximum atomic E-state index is 14.2. The molecule has 2 aromatic carbocycles. The SMILES string of the molecule is CC(C)(C)OC(=O)Nc1cc(Cl)c(N2CC(C(O)c3ccc(F)cc3F)CCC2=O)c(Cl)c1. The third-order valence-electron chi connectivity index (χ3n) is 5.11. The number of piperidine rings is 1. The molecule has 0 radical (unpaired) electrons. The molecule has 1 saturated heterocycles. The van der Waals surface area contributed by atoms with Crippen molar-refractivity contribution >= 4 is 46.6 Å². The summed E-state index contributed by atoms with van der Waals surface area (Å²) >= 11 is 12.8. The van der Waals surface area contributed by atoms with Crippen LogP contribution in [0.5, 0.6) is 0 Å². The van der Waals surface area contributed by atoms with Gasteiger partial charge in [0.25, 0.3) is 0 Å². The molecule has 6 nitrogen and oxygen atoms in total. The molecule has 2 amide bonds. The van der Waals surface area contributed by atoms with Crippen LogP contribution >= 0.6 is 23.2 Å². The Balaban J connectivity index is 1.82. The second kappa shape index (κ2) is 9.83. The van der Waals surface area contributed by atoms with E-state index >= 15 is 0 Å². The number of hydrogen-bond donors (Lipinski definition) is 2. The third-order valence-corrected chi connectivity index (χ3v) is 5.68. The van der Waals surface area contributed by atoms with Crippen LogP contribution in [0, 0.1) is 17.6 Å². The number of carbonyl (C=O) groups excluding carboxylic acids is 2. The molecular weight excluding hydrogens is 477 g/mol. The van der Waals surface area contributed by atoms with Crippen molar-refractivity contribution in [2.75, 3.05) is 16.8 Å². The van der Waals surface area contributed by atoms with Crippen LogP contribution in [0.2, 0.25) is 10.0 Å². The summed E-state index contributed by atoms with van der Waals surface area (Å²) in [5, 5.41) is 13.5. The summed E-state index contributed by atoms with van der Waals surface area (Å²) in [4.78, 5) is 26.0. The van der Waals surface area contributed by atoms with Gasteiger partial charge in [0.15, 0.2) is 0 Å². The van der Waals surface area contributed by atoms with Gasteiger partial charge in [-0.15, -0.1) is 0 Å². The average molecular weight is 501 g/mol. The van der Waals surface area contributed by atoms with Crippen LogP contribution in [0.4, 0.5) is 25.0 Å². The quantitative estimate of drug-likeness (QED) is 0.531. The zero-order valence-electron chi connectivity index (χ0n) is 18.3. The molecule has 2 N–H and O–H groups in total. The van der Waals surface area contributed by atoms with Gasteiger partial charge in [0.05, 0.1) is 21.8 Å². The molecule has 2 atom stereocenters. The number of hydrogen-bond acceptors (Lipinski definition) is 4. The third kappa shape index (κ3) is 6.13. The molecule has 3 rings (SSSR count). The van der Waals surface area contributed by atoms with Crippen molar-refractivity contribution < 1.29 is 28.2 Å². The molecule has 0 aromatic heterocycles. The van der Waals surface area contributed by atoms with Crippen LogP contribution in [0.25, 0.3) is 0 Å².